The van der Waals surface area contributed by atoms with E-state index < -0.39 is 0 Å². The number of hydrogen-bond donors (Lipinski definition) is 0. The zero-order valence-electron chi connectivity index (χ0n) is 10.4. The fourth-order valence-electron chi connectivity index (χ4n) is 1.54. The third kappa shape index (κ3) is 3.08. The molecule has 0 aliphatic heterocycles. The van der Waals surface area contributed by atoms with Crippen LogP contribution in [0.3, 0.4) is 0 Å². The van der Waals surface area contributed by atoms with E-state index in [2.05, 4.69) is 31.0 Å². The van der Waals surface area contributed by atoms with E-state index in [1.54, 1.807) is 6.20 Å². The Morgan fingerprint density at radius 2 is 2.28 bits per heavy atom. The van der Waals surface area contributed by atoms with Crippen LogP contribution in [0.25, 0.3) is 0 Å². The quantitative estimate of drug-likeness (QED) is 0.839. The van der Waals surface area contributed by atoms with E-state index in [-0.39, 0.29) is 0 Å². The number of thiazole rings is 1. The third-order valence-electron chi connectivity index (χ3n) is 2.55. The Labute approximate surface area is 111 Å². The van der Waals surface area contributed by atoms with Crippen LogP contribution >= 0.6 is 11.3 Å². The predicted molar refractivity (Wildman–Crippen MR) is 71.7 cm³/mol. The molecule has 0 spiro atoms. The molecule has 0 aliphatic carbocycles. The van der Waals surface area contributed by atoms with Gasteiger partial charge in [0.15, 0.2) is 0 Å². The van der Waals surface area contributed by atoms with Gasteiger partial charge in [-0.2, -0.15) is 5.26 Å². The first-order chi connectivity index (χ1) is 8.69. The minimum atomic E-state index is 0.411. The summed E-state index contributed by atoms with van der Waals surface area (Å²) in [6, 6.07) is 10.1. The SMILES string of the molecule is CC(C)c1cccc(OCc2ncc(C#N)s2)c1. The molecule has 0 N–H and O–H groups in total. The Bertz CT molecular complexity index is 569. The van der Waals surface area contributed by atoms with Gasteiger partial charge in [0.2, 0.25) is 0 Å². The Hall–Kier alpha value is -1.86. The Morgan fingerprint density at radius 1 is 1.44 bits per heavy atom. The third-order valence-corrected chi connectivity index (χ3v) is 3.43. The highest BCUT2D eigenvalue weighted by Gasteiger charge is 2.04. The van der Waals surface area contributed by atoms with Crippen LogP contribution < -0.4 is 4.74 Å². The van der Waals surface area contributed by atoms with Crippen LogP contribution in [0.4, 0.5) is 0 Å². The second kappa shape index (κ2) is 5.65. The van der Waals surface area contributed by atoms with Crippen LogP contribution in [0.15, 0.2) is 30.5 Å². The molecule has 0 bridgehead atoms. The van der Waals surface area contributed by atoms with Gasteiger partial charge in [-0.3, -0.25) is 0 Å². The molecule has 1 aromatic heterocycles. The lowest BCUT2D eigenvalue weighted by atomic mass is 10.0. The van der Waals surface area contributed by atoms with Gasteiger partial charge >= 0.3 is 0 Å². The molecule has 2 aromatic rings. The van der Waals surface area contributed by atoms with Gasteiger partial charge < -0.3 is 4.74 Å². The van der Waals surface area contributed by atoms with Crippen molar-refractivity contribution in [3.63, 3.8) is 0 Å². The lowest BCUT2D eigenvalue weighted by Gasteiger charge is -2.08. The molecule has 1 aromatic carbocycles. The number of hydrogen-bond acceptors (Lipinski definition) is 4. The molecule has 92 valence electrons. The maximum Gasteiger partial charge on any atom is 0.140 e. The van der Waals surface area contributed by atoms with Gasteiger partial charge in [0.05, 0.1) is 6.20 Å². The van der Waals surface area contributed by atoms with Crippen molar-refractivity contribution in [1.29, 1.82) is 5.26 Å². The summed E-state index contributed by atoms with van der Waals surface area (Å²) in [5.41, 5.74) is 1.25. The summed E-state index contributed by atoms with van der Waals surface area (Å²) in [6.07, 6.45) is 1.58. The summed E-state index contributed by atoms with van der Waals surface area (Å²) < 4.78 is 5.68. The Kier molecular flexibility index (Phi) is 3.96. The van der Waals surface area contributed by atoms with Crippen LogP contribution in [0.1, 0.15) is 35.2 Å². The second-order valence-corrected chi connectivity index (χ2v) is 5.36. The van der Waals surface area contributed by atoms with Gasteiger partial charge in [-0.15, -0.1) is 11.3 Å². The van der Waals surface area contributed by atoms with Gasteiger partial charge in [-0.1, -0.05) is 26.0 Å². The van der Waals surface area contributed by atoms with Crippen molar-refractivity contribution >= 4 is 11.3 Å². The molecule has 0 saturated carbocycles. The molecular formula is C14H14N2OS. The van der Waals surface area contributed by atoms with Crippen molar-refractivity contribution < 1.29 is 4.74 Å². The van der Waals surface area contributed by atoms with E-state index in [4.69, 9.17) is 10.00 Å². The maximum absolute atomic E-state index is 8.71. The van der Waals surface area contributed by atoms with Gasteiger partial charge in [-0.25, -0.2) is 4.98 Å². The first-order valence-electron chi connectivity index (χ1n) is 5.76. The van der Waals surface area contributed by atoms with Crippen molar-refractivity contribution in [3.05, 3.63) is 45.9 Å². The zero-order chi connectivity index (χ0) is 13.0. The standard InChI is InChI=1S/C14H14N2OS/c1-10(2)11-4-3-5-12(6-11)17-9-14-16-8-13(7-15)18-14/h3-6,8,10H,9H2,1-2H3. The minimum Gasteiger partial charge on any atom is -0.486 e. The topological polar surface area (TPSA) is 45.9 Å². The van der Waals surface area contributed by atoms with Crippen molar-refractivity contribution in [2.45, 2.75) is 26.4 Å². The van der Waals surface area contributed by atoms with E-state index in [0.29, 0.717) is 17.4 Å². The van der Waals surface area contributed by atoms with Gasteiger partial charge in [0, 0.05) is 0 Å². The second-order valence-electron chi connectivity index (χ2n) is 4.25. The maximum atomic E-state index is 8.71. The molecule has 0 unspecified atom stereocenters. The monoisotopic (exact) mass is 258 g/mol. The van der Waals surface area contributed by atoms with Crippen LogP contribution in [0, 0.1) is 11.3 Å². The molecule has 2 rings (SSSR count). The summed E-state index contributed by atoms with van der Waals surface area (Å²) in [4.78, 5) is 4.75. The van der Waals surface area contributed by atoms with Gasteiger partial charge in [0.1, 0.15) is 28.3 Å². The average Bonchev–Trinajstić information content (AvgIpc) is 2.84. The fourth-order valence-corrected chi connectivity index (χ4v) is 2.17. The molecular weight excluding hydrogens is 244 g/mol. The van der Waals surface area contributed by atoms with Gasteiger partial charge in [-0.05, 0) is 23.6 Å². The molecule has 1 heterocycles. The highest BCUT2D eigenvalue weighted by Crippen LogP contribution is 2.21. The number of aromatic nitrogens is 1. The fraction of sp³-hybridized carbons (Fsp3) is 0.286. The van der Waals surface area contributed by atoms with E-state index in [9.17, 15) is 0 Å². The number of nitrogens with zero attached hydrogens (tertiary/aromatic N) is 2. The van der Waals surface area contributed by atoms with E-state index >= 15 is 0 Å². The summed E-state index contributed by atoms with van der Waals surface area (Å²) >= 11 is 1.37. The van der Waals surface area contributed by atoms with Crippen molar-refractivity contribution in [1.82, 2.24) is 4.98 Å². The van der Waals surface area contributed by atoms with Crippen LogP contribution in [0.2, 0.25) is 0 Å². The van der Waals surface area contributed by atoms with E-state index in [1.165, 1.54) is 16.9 Å². The molecule has 3 nitrogen and oxygen atoms in total. The molecule has 0 aliphatic rings. The van der Waals surface area contributed by atoms with Crippen molar-refractivity contribution in [2.75, 3.05) is 0 Å². The smallest absolute Gasteiger partial charge is 0.140 e. The molecule has 0 saturated heterocycles. The molecule has 4 heteroatoms. The number of nitriles is 1. The zero-order valence-corrected chi connectivity index (χ0v) is 11.2. The Balaban J connectivity index is 2.02. The minimum absolute atomic E-state index is 0.411. The van der Waals surface area contributed by atoms with Gasteiger partial charge in [0.25, 0.3) is 0 Å². The summed E-state index contributed by atoms with van der Waals surface area (Å²) in [5, 5.41) is 9.53. The predicted octanol–water partition coefficient (Wildman–Crippen LogP) is 3.72. The molecule has 0 amide bonds. The van der Waals surface area contributed by atoms with E-state index in [0.717, 1.165) is 10.8 Å². The highest BCUT2D eigenvalue weighted by atomic mass is 32.1. The molecule has 0 fully saturated rings. The Morgan fingerprint density at radius 3 is 2.94 bits per heavy atom. The number of ether oxygens (including phenoxy) is 1. The average molecular weight is 258 g/mol. The molecule has 0 radical (unpaired) electrons. The molecule has 18 heavy (non-hydrogen) atoms. The first-order valence-corrected chi connectivity index (χ1v) is 6.58. The number of rotatable bonds is 4. The van der Waals surface area contributed by atoms with E-state index in [1.807, 2.05) is 18.2 Å². The first kappa shape index (κ1) is 12.6. The lowest BCUT2D eigenvalue weighted by Crippen LogP contribution is -1.95. The summed E-state index contributed by atoms with van der Waals surface area (Å²) in [7, 11) is 0. The van der Waals surface area contributed by atoms with Crippen LogP contribution in [0.5, 0.6) is 5.75 Å². The lowest BCUT2D eigenvalue weighted by molar-refractivity contribution is 0.305. The van der Waals surface area contributed by atoms with Crippen LogP contribution in [-0.4, -0.2) is 4.98 Å². The normalized spacial score (nSPS) is 10.3. The summed E-state index contributed by atoms with van der Waals surface area (Å²) in [6.45, 7) is 4.71. The van der Waals surface area contributed by atoms with Crippen molar-refractivity contribution in [2.24, 2.45) is 0 Å². The number of benzene rings is 1. The highest BCUT2D eigenvalue weighted by molar-refractivity contribution is 7.12. The summed E-state index contributed by atoms with van der Waals surface area (Å²) in [5.74, 6) is 1.33. The van der Waals surface area contributed by atoms with Crippen molar-refractivity contribution in [3.8, 4) is 11.8 Å². The van der Waals surface area contributed by atoms with Crippen LogP contribution in [-0.2, 0) is 6.61 Å². The largest absolute Gasteiger partial charge is 0.486 e. The molecule has 0 atom stereocenters.